The van der Waals surface area contributed by atoms with Crippen molar-refractivity contribution >= 4 is 35.4 Å². The average molecular weight is 633 g/mol. The molecule has 2 saturated heterocycles. The molecule has 0 radical (unpaired) electrons. The van der Waals surface area contributed by atoms with Crippen molar-refractivity contribution in [2.24, 2.45) is 22.7 Å². The third kappa shape index (κ3) is 10.3. The molecule has 254 valence electrons. The van der Waals surface area contributed by atoms with Gasteiger partial charge in [-0.05, 0) is 48.9 Å². The Hall–Kier alpha value is -3.44. The molecule has 12 nitrogen and oxygen atoms in total. The first-order valence-corrected chi connectivity index (χ1v) is 16.2. The number of piperidine rings is 1. The summed E-state index contributed by atoms with van der Waals surface area (Å²) in [7, 11) is 0. The number of amides is 6. The third-order valence-corrected chi connectivity index (χ3v) is 8.80. The van der Waals surface area contributed by atoms with Crippen LogP contribution >= 0.6 is 0 Å². The zero-order valence-corrected chi connectivity index (χ0v) is 28.7. The number of hydrogen-bond donors (Lipinski definition) is 4. The number of likely N-dealkylation sites (tertiary alicyclic amines) is 2. The number of urea groups is 1. The lowest BCUT2D eigenvalue weighted by atomic mass is 9.84. The van der Waals surface area contributed by atoms with Gasteiger partial charge in [-0.25, -0.2) is 4.79 Å². The first-order valence-electron chi connectivity index (χ1n) is 16.2. The lowest BCUT2D eigenvalue weighted by Crippen LogP contribution is -2.62. The van der Waals surface area contributed by atoms with Crippen LogP contribution in [-0.4, -0.2) is 95.6 Å². The molecule has 4 N–H and O–H groups in total. The quantitative estimate of drug-likeness (QED) is 0.191. The minimum Gasteiger partial charge on any atom is -0.346 e. The minimum atomic E-state index is -1.10. The van der Waals surface area contributed by atoms with Crippen molar-refractivity contribution in [3.63, 3.8) is 0 Å². The van der Waals surface area contributed by atoms with Crippen molar-refractivity contribution < 1.29 is 28.8 Å². The highest BCUT2D eigenvalue weighted by Crippen LogP contribution is 2.33. The lowest BCUT2D eigenvalue weighted by molar-refractivity contribution is -0.144. The number of ketones is 1. The van der Waals surface area contributed by atoms with Gasteiger partial charge in [0, 0.05) is 32.6 Å². The molecule has 1 unspecified atom stereocenters. The van der Waals surface area contributed by atoms with Crippen molar-refractivity contribution in [3.8, 4) is 0 Å². The fourth-order valence-electron chi connectivity index (χ4n) is 5.87. The van der Waals surface area contributed by atoms with Crippen LogP contribution in [0.1, 0.15) is 88.0 Å². The van der Waals surface area contributed by atoms with E-state index in [-0.39, 0.29) is 35.7 Å². The first-order chi connectivity index (χ1) is 20.8. The topological polar surface area (TPSA) is 157 Å². The molecule has 0 aliphatic carbocycles. The molecule has 2 rings (SSSR count). The van der Waals surface area contributed by atoms with Crippen LogP contribution in [0.15, 0.2) is 12.7 Å². The maximum atomic E-state index is 14.2. The van der Waals surface area contributed by atoms with Crippen molar-refractivity contribution in [1.82, 2.24) is 31.1 Å². The van der Waals surface area contributed by atoms with Gasteiger partial charge in [-0.2, -0.15) is 0 Å². The van der Waals surface area contributed by atoms with Crippen molar-refractivity contribution in [2.45, 2.75) is 112 Å². The number of nitrogens with one attached hydrogen (secondary N) is 4. The van der Waals surface area contributed by atoms with Gasteiger partial charge >= 0.3 is 6.03 Å². The van der Waals surface area contributed by atoms with Crippen LogP contribution in [-0.2, 0) is 24.0 Å². The fraction of sp³-hybridized carbons (Fsp3) is 0.758. The Morgan fingerprint density at radius 2 is 1.58 bits per heavy atom. The molecule has 0 bridgehead atoms. The van der Waals surface area contributed by atoms with E-state index in [1.807, 2.05) is 55.4 Å². The van der Waals surface area contributed by atoms with E-state index in [0.717, 1.165) is 12.8 Å². The molecular weight excluding hydrogens is 576 g/mol. The van der Waals surface area contributed by atoms with Gasteiger partial charge in [0.2, 0.25) is 23.5 Å². The molecule has 2 aliphatic heterocycles. The number of Topliss-reactive ketones (excluding diaryl/α,β-unsaturated/α-hetero) is 1. The van der Waals surface area contributed by atoms with E-state index >= 15 is 0 Å². The van der Waals surface area contributed by atoms with E-state index in [2.05, 4.69) is 27.8 Å². The van der Waals surface area contributed by atoms with Crippen LogP contribution in [0.3, 0.4) is 0 Å². The van der Waals surface area contributed by atoms with Crippen LogP contribution in [0.25, 0.3) is 0 Å². The van der Waals surface area contributed by atoms with Crippen molar-refractivity contribution in [1.29, 1.82) is 0 Å². The molecule has 2 fully saturated rings. The van der Waals surface area contributed by atoms with E-state index in [9.17, 15) is 28.8 Å². The molecule has 2 heterocycles. The molecule has 12 heteroatoms. The Balaban J connectivity index is 2.26. The lowest BCUT2D eigenvalue weighted by Gasteiger charge is -2.39. The number of carbonyl (C=O) groups excluding carboxylic acids is 6. The van der Waals surface area contributed by atoms with Crippen molar-refractivity contribution in [3.05, 3.63) is 12.7 Å². The zero-order chi connectivity index (χ0) is 34.3. The molecule has 0 aromatic carbocycles. The van der Waals surface area contributed by atoms with Crippen LogP contribution < -0.4 is 21.3 Å². The van der Waals surface area contributed by atoms with Gasteiger partial charge in [-0.3, -0.25) is 24.0 Å². The predicted octanol–water partition coefficient (Wildman–Crippen LogP) is 2.38. The summed E-state index contributed by atoms with van der Waals surface area (Å²) in [6.07, 6.45) is 4.31. The summed E-state index contributed by atoms with van der Waals surface area (Å²) in [6, 6.07) is -3.85. The summed E-state index contributed by atoms with van der Waals surface area (Å²) in [5, 5.41) is 11.0. The minimum absolute atomic E-state index is 0.0508. The highest BCUT2D eigenvalue weighted by Gasteiger charge is 2.47. The number of carbonyl (C=O) groups is 6. The zero-order valence-electron chi connectivity index (χ0n) is 28.7. The van der Waals surface area contributed by atoms with Crippen LogP contribution in [0.5, 0.6) is 0 Å². The maximum Gasteiger partial charge on any atom is 0.315 e. The Labute approximate surface area is 268 Å². The summed E-state index contributed by atoms with van der Waals surface area (Å²) in [6.45, 7) is 21.9. The van der Waals surface area contributed by atoms with Gasteiger partial charge < -0.3 is 31.1 Å². The van der Waals surface area contributed by atoms with Crippen molar-refractivity contribution in [2.75, 3.05) is 26.2 Å². The Kier molecular flexibility index (Phi) is 13.2. The van der Waals surface area contributed by atoms with E-state index in [1.54, 1.807) is 4.90 Å². The molecule has 0 aromatic rings. The molecular formula is C33H56N6O6. The monoisotopic (exact) mass is 632 g/mol. The molecule has 0 aromatic heterocycles. The van der Waals surface area contributed by atoms with E-state index < -0.39 is 53.1 Å². The SMILES string of the molecule is C=CCNC(=O)C(=O)C(C)NC(=O)[C@@H]1[C@@H](C(C)C)CCN1C(=O)[C@@H](NC(=O)N[C@H](CN1CCCCC1=O)C(C)(C)C)C(C)(C)C. The number of hydrogen-bond acceptors (Lipinski definition) is 6. The summed E-state index contributed by atoms with van der Waals surface area (Å²) >= 11 is 0. The highest BCUT2D eigenvalue weighted by atomic mass is 16.2. The highest BCUT2D eigenvalue weighted by molar-refractivity contribution is 6.38. The Morgan fingerprint density at radius 3 is 2.11 bits per heavy atom. The average Bonchev–Trinajstić information content (AvgIpc) is 3.39. The van der Waals surface area contributed by atoms with E-state index in [1.165, 1.54) is 17.9 Å². The molecule has 5 atom stereocenters. The van der Waals surface area contributed by atoms with E-state index in [0.29, 0.717) is 32.5 Å². The van der Waals surface area contributed by atoms with Gasteiger partial charge in [-0.1, -0.05) is 61.5 Å². The largest absolute Gasteiger partial charge is 0.346 e. The molecule has 2 aliphatic rings. The van der Waals surface area contributed by atoms with Gasteiger partial charge in [-0.15, -0.1) is 6.58 Å². The standard InChI is InChI=1S/C33H56N6O6/c1-11-16-34-29(43)26(41)21(4)35-28(42)25-22(20(2)3)15-18-39(25)30(44)27(33(8,9)10)37-31(45)36-23(32(5,6)7)19-38-17-13-12-14-24(38)40/h11,20-23,25,27H,1,12-19H2,2-10H3,(H,34,43)(H,35,42)(H2,36,37,45)/t21?,22-,23-,25+,27-/m1/s1. The van der Waals surface area contributed by atoms with Gasteiger partial charge in [0.1, 0.15) is 12.1 Å². The normalized spacial score (nSPS) is 21.1. The first kappa shape index (κ1) is 37.7. The number of nitrogens with zero attached hydrogens (tertiary/aromatic N) is 2. The second-order valence-electron chi connectivity index (χ2n) is 14.9. The summed E-state index contributed by atoms with van der Waals surface area (Å²) in [5.41, 5.74) is -1.08. The van der Waals surface area contributed by atoms with Crippen LogP contribution in [0, 0.1) is 22.7 Å². The van der Waals surface area contributed by atoms with Crippen LogP contribution in [0.2, 0.25) is 0 Å². The Morgan fingerprint density at radius 1 is 0.933 bits per heavy atom. The molecule has 45 heavy (non-hydrogen) atoms. The molecule has 6 amide bonds. The summed E-state index contributed by atoms with van der Waals surface area (Å²) in [5.74, 6) is -2.61. The third-order valence-electron chi connectivity index (χ3n) is 8.80. The summed E-state index contributed by atoms with van der Waals surface area (Å²) in [4.78, 5) is 81.9. The smallest absolute Gasteiger partial charge is 0.315 e. The summed E-state index contributed by atoms with van der Waals surface area (Å²) < 4.78 is 0. The number of rotatable bonds is 12. The second-order valence-corrected chi connectivity index (χ2v) is 14.9. The maximum absolute atomic E-state index is 14.2. The predicted molar refractivity (Wildman–Crippen MR) is 173 cm³/mol. The molecule has 0 saturated carbocycles. The fourth-order valence-corrected chi connectivity index (χ4v) is 5.87. The van der Waals surface area contributed by atoms with Crippen LogP contribution in [0.4, 0.5) is 4.79 Å². The molecule has 0 spiro atoms. The van der Waals surface area contributed by atoms with Gasteiger partial charge in [0.25, 0.3) is 5.91 Å². The van der Waals surface area contributed by atoms with Gasteiger partial charge in [0.15, 0.2) is 0 Å². The van der Waals surface area contributed by atoms with Gasteiger partial charge in [0.05, 0.1) is 12.1 Å². The second kappa shape index (κ2) is 15.7. The Bertz CT molecular complexity index is 1120. The van der Waals surface area contributed by atoms with E-state index in [4.69, 9.17) is 0 Å².